The average Bonchev–Trinajstić information content (AvgIpc) is 2.78. The second-order valence-corrected chi connectivity index (χ2v) is 4.86. The van der Waals surface area contributed by atoms with E-state index >= 15 is 0 Å². The fraction of sp³-hybridized carbons (Fsp3) is 0.333. The van der Waals surface area contributed by atoms with E-state index in [0.717, 1.165) is 11.3 Å². The van der Waals surface area contributed by atoms with E-state index in [2.05, 4.69) is 4.98 Å². The molecule has 0 aliphatic rings. The van der Waals surface area contributed by atoms with Gasteiger partial charge in [0.05, 0.1) is 12.1 Å². The van der Waals surface area contributed by atoms with Gasteiger partial charge in [0.2, 0.25) is 5.89 Å². The molecule has 0 spiro atoms. The van der Waals surface area contributed by atoms with Gasteiger partial charge >= 0.3 is 5.97 Å². The number of aromatic nitrogens is 1. The van der Waals surface area contributed by atoms with Crippen LogP contribution in [-0.4, -0.2) is 30.2 Å². The molecule has 0 radical (unpaired) electrons. The van der Waals surface area contributed by atoms with Gasteiger partial charge in [-0.3, -0.25) is 4.79 Å². The standard InChI is InChI=1S/C15H18N2O3/c1-10-13(8-9-14(18)19)16-15(20-10)11-4-6-12(7-5-11)17(2)3/h4-7H,8-9H2,1-3H3,(H,18,19). The fourth-order valence-corrected chi connectivity index (χ4v) is 1.91. The molecule has 0 aliphatic carbocycles. The lowest BCUT2D eigenvalue weighted by atomic mass is 10.2. The molecule has 2 aromatic rings. The quantitative estimate of drug-likeness (QED) is 0.908. The van der Waals surface area contributed by atoms with E-state index in [-0.39, 0.29) is 6.42 Å². The van der Waals surface area contributed by atoms with E-state index in [9.17, 15) is 4.79 Å². The molecule has 0 atom stereocenters. The number of rotatable bonds is 5. The molecule has 0 fully saturated rings. The molecule has 1 aromatic carbocycles. The molecule has 0 saturated carbocycles. The highest BCUT2D eigenvalue weighted by atomic mass is 16.4. The van der Waals surface area contributed by atoms with Gasteiger partial charge in [0.1, 0.15) is 5.76 Å². The minimum atomic E-state index is -0.829. The highest BCUT2D eigenvalue weighted by Crippen LogP contribution is 2.24. The molecule has 20 heavy (non-hydrogen) atoms. The molecule has 0 unspecified atom stereocenters. The van der Waals surface area contributed by atoms with Crippen LogP contribution in [0.25, 0.3) is 11.5 Å². The van der Waals surface area contributed by atoms with Crippen LogP contribution in [0.5, 0.6) is 0 Å². The van der Waals surface area contributed by atoms with Crippen LogP contribution in [-0.2, 0) is 11.2 Å². The van der Waals surface area contributed by atoms with Gasteiger partial charge in [-0.15, -0.1) is 0 Å². The molecule has 0 saturated heterocycles. The number of oxazole rings is 1. The first kappa shape index (κ1) is 14.1. The van der Waals surface area contributed by atoms with Gasteiger partial charge in [0, 0.05) is 31.8 Å². The van der Waals surface area contributed by atoms with Crippen molar-refractivity contribution in [3.63, 3.8) is 0 Å². The fourth-order valence-electron chi connectivity index (χ4n) is 1.91. The number of carbonyl (C=O) groups is 1. The topological polar surface area (TPSA) is 66.6 Å². The van der Waals surface area contributed by atoms with Crippen molar-refractivity contribution < 1.29 is 14.3 Å². The summed E-state index contributed by atoms with van der Waals surface area (Å²) in [4.78, 5) is 17.0. The Bertz CT molecular complexity index is 600. The summed E-state index contributed by atoms with van der Waals surface area (Å²) < 4.78 is 5.62. The Hall–Kier alpha value is -2.30. The molecule has 0 amide bonds. The van der Waals surface area contributed by atoms with Gasteiger partial charge < -0.3 is 14.4 Å². The van der Waals surface area contributed by atoms with Crippen molar-refractivity contribution in [2.24, 2.45) is 0 Å². The highest BCUT2D eigenvalue weighted by Gasteiger charge is 2.12. The van der Waals surface area contributed by atoms with Crippen molar-refractivity contribution in [1.82, 2.24) is 4.98 Å². The largest absolute Gasteiger partial charge is 0.481 e. The van der Waals surface area contributed by atoms with Gasteiger partial charge in [-0.1, -0.05) is 0 Å². The number of aryl methyl sites for hydroxylation is 2. The molecule has 1 heterocycles. The van der Waals surface area contributed by atoms with Crippen molar-refractivity contribution in [2.45, 2.75) is 19.8 Å². The average molecular weight is 274 g/mol. The summed E-state index contributed by atoms with van der Waals surface area (Å²) in [6, 6.07) is 7.88. The minimum absolute atomic E-state index is 0.0619. The van der Waals surface area contributed by atoms with E-state index < -0.39 is 5.97 Å². The smallest absolute Gasteiger partial charge is 0.303 e. The van der Waals surface area contributed by atoms with Gasteiger partial charge in [0.25, 0.3) is 0 Å². The summed E-state index contributed by atoms with van der Waals surface area (Å²) >= 11 is 0. The SMILES string of the molecule is Cc1oc(-c2ccc(N(C)C)cc2)nc1CCC(=O)O. The van der Waals surface area contributed by atoms with Crippen LogP contribution in [0.3, 0.4) is 0 Å². The van der Waals surface area contributed by atoms with Crippen LogP contribution in [0.15, 0.2) is 28.7 Å². The Morgan fingerprint density at radius 2 is 1.95 bits per heavy atom. The number of carboxylic acids is 1. The molecule has 2 rings (SSSR count). The lowest BCUT2D eigenvalue weighted by Crippen LogP contribution is -2.07. The molecular formula is C15H18N2O3. The number of hydrogen-bond donors (Lipinski definition) is 1. The third-order valence-corrected chi connectivity index (χ3v) is 3.10. The number of hydrogen-bond acceptors (Lipinski definition) is 4. The molecule has 1 aromatic heterocycles. The van der Waals surface area contributed by atoms with Crippen molar-refractivity contribution >= 4 is 11.7 Å². The molecule has 1 N–H and O–H groups in total. The highest BCUT2D eigenvalue weighted by molar-refractivity contribution is 5.67. The minimum Gasteiger partial charge on any atom is -0.481 e. The first-order valence-electron chi connectivity index (χ1n) is 6.43. The van der Waals surface area contributed by atoms with E-state index in [0.29, 0.717) is 23.8 Å². The maximum atomic E-state index is 10.6. The molecule has 5 heteroatoms. The first-order valence-corrected chi connectivity index (χ1v) is 6.43. The van der Waals surface area contributed by atoms with E-state index in [1.165, 1.54) is 0 Å². The van der Waals surface area contributed by atoms with Crippen LogP contribution >= 0.6 is 0 Å². The molecule has 5 nitrogen and oxygen atoms in total. The number of anilines is 1. The summed E-state index contributed by atoms with van der Waals surface area (Å²) in [7, 11) is 3.96. The van der Waals surface area contributed by atoms with E-state index in [1.807, 2.05) is 50.2 Å². The van der Waals surface area contributed by atoms with Crippen LogP contribution in [0.4, 0.5) is 5.69 Å². The summed E-state index contributed by atoms with van der Waals surface area (Å²) in [6.07, 6.45) is 0.451. The number of nitrogens with zero attached hydrogens (tertiary/aromatic N) is 2. The summed E-state index contributed by atoms with van der Waals surface area (Å²) in [5.74, 6) is 0.385. The summed E-state index contributed by atoms with van der Waals surface area (Å²) in [5, 5.41) is 8.71. The van der Waals surface area contributed by atoms with Crippen LogP contribution < -0.4 is 4.90 Å². The maximum Gasteiger partial charge on any atom is 0.303 e. The number of aliphatic carboxylic acids is 1. The van der Waals surface area contributed by atoms with Crippen LogP contribution in [0, 0.1) is 6.92 Å². The second-order valence-electron chi connectivity index (χ2n) is 4.86. The van der Waals surface area contributed by atoms with Gasteiger partial charge in [0.15, 0.2) is 0 Å². The lowest BCUT2D eigenvalue weighted by molar-refractivity contribution is -0.136. The van der Waals surface area contributed by atoms with Crippen LogP contribution in [0.1, 0.15) is 17.9 Å². The molecule has 106 valence electrons. The Balaban J connectivity index is 2.20. The predicted octanol–water partition coefficient (Wildman–Crippen LogP) is 2.73. The maximum absolute atomic E-state index is 10.6. The molecule has 0 aliphatic heterocycles. The number of benzene rings is 1. The number of carboxylic acid groups (broad SMARTS) is 1. The van der Waals surface area contributed by atoms with Crippen molar-refractivity contribution in [1.29, 1.82) is 0 Å². The zero-order chi connectivity index (χ0) is 14.7. The Labute approximate surface area is 117 Å². The van der Waals surface area contributed by atoms with Crippen molar-refractivity contribution in [2.75, 3.05) is 19.0 Å². The monoisotopic (exact) mass is 274 g/mol. The predicted molar refractivity (Wildman–Crippen MR) is 77.0 cm³/mol. The summed E-state index contributed by atoms with van der Waals surface area (Å²) in [5.41, 5.74) is 2.70. The van der Waals surface area contributed by atoms with Gasteiger partial charge in [-0.05, 0) is 31.2 Å². The second kappa shape index (κ2) is 5.77. The Morgan fingerprint density at radius 3 is 2.50 bits per heavy atom. The molecule has 0 bridgehead atoms. The van der Waals surface area contributed by atoms with Crippen molar-refractivity contribution in [3.05, 3.63) is 35.7 Å². The van der Waals surface area contributed by atoms with Crippen LogP contribution in [0.2, 0.25) is 0 Å². The Morgan fingerprint density at radius 1 is 1.30 bits per heavy atom. The third kappa shape index (κ3) is 3.17. The van der Waals surface area contributed by atoms with E-state index in [4.69, 9.17) is 9.52 Å². The third-order valence-electron chi connectivity index (χ3n) is 3.10. The van der Waals surface area contributed by atoms with Crippen molar-refractivity contribution in [3.8, 4) is 11.5 Å². The zero-order valence-corrected chi connectivity index (χ0v) is 11.9. The van der Waals surface area contributed by atoms with Gasteiger partial charge in [-0.25, -0.2) is 4.98 Å². The Kier molecular flexibility index (Phi) is 4.08. The first-order chi connectivity index (χ1) is 9.47. The normalized spacial score (nSPS) is 10.6. The summed E-state index contributed by atoms with van der Waals surface area (Å²) in [6.45, 7) is 1.81. The van der Waals surface area contributed by atoms with Gasteiger partial charge in [-0.2, -0.15) is 0 Å². The van der Waals surface area contributed by atoms with E-state index in [1.54, 1.807) is 0 Å². The lowest BCUT2D eigenvalue weighted by Gasteiger charge is -2.11. The molecular weight excluding hydrogens is 256 g/mol. The zero-order valence-electron chi connectivity index (χ0n) is 11.9.